The van der Waals surface area contributed by atoms with Gasteiger partial charge in [-0.15, -0.1) is 0 Å². The predicted molar refractivity (Wildman–Crippen MR) is 57.5 cm³/mol. The first kappa shape index (κ1) is 11.8. The van der Waals surface area contributed by atoms with Crippen LogP contribution in [-0.4, -0.2) is 15.6 Å². The molecule has 0 spiro atoms. The molecule has 0 aromatic carbocycles. The topological polar surface area (TPSA) is 59.3 Å². The molecule has 0 fully saturated rings. The van der Waals surface area contributed by atoms with E-state index in [1.807, 2.05) is 0 Å². The number of carbonyl (C=O) groups is 1. The minimum absolute atomic E-state index is 0.0443. The van der Waals surface area contributed by atoms with Gasteiger partial charge in [-0.3, -0.25) is 4.79 Å². The molecule has 15 heavy (non-hydrogen) atoms. The summed E-state index contributed by atoms with van der Waals surface area (Å²) in [6.45, 7) is 0.209. The quantitative estimate of drug-likeness (QED) is 0.888. The van der Waals surface area contributed by atoms with Crippen LogP contribution >= 0.6 is 23.2 Å². The van der Waals surface area contributed by atoms with Crippen molar-refractivity contribution in [3.63, 3.8) is 0 Å². The van der Waals surface area contributed by atoms with Crippen molar-refractivity contribution in [2.75, 3.05) is 0 Å². The highest BCUT2D eigenvalue weighted by atomic mass is 35.5. The number of pyridine rings is 1. The summed E-state index contributed by atoms with van der Waals surface area (Å²) >= 11 is 10.8. The first-order valence-electron chi connectivity index (χ1n) is 3.95. The van der Waals surface area contributed by atoms with Crippen LogP contribution in [0.5, 0.6) is 0 Å². The first-order chi connectivity index (χ1) is 7.00. The van der Waals surface area contributed by atoms with E-state index in [2.05, 4.69) is 0 Å². The highest BCUT2D eigenvalue weighted by molar-refractivity contribution is 6.55. The molecule has 6 heteroatoms. The van der Waals surface area contributed by atoms with Crippen LogP contribution in [0.2, 0.25) is 0 Å². The van der Waals surface area contributed by atoms with Gasteiger partial charge in [0.25, 0.3) is 5.56 Å². The molecule has 0 bridgehead atoms. The van der Waals surface area contributed by atoms with E-state index in [0.717, 1.165) is 6.07 Å². The summed E-state index contributed by atoms with van der Waals surface area (Å²) in [5.74, 6) is -1.13. The predicted octanol–water partition coefficient (Wildman–Crippen LogP) is 1.87. The van der Waals surface area contributed by atoms with Crippen molar-refractivity contribution in [2.45, 2.75) is 6.54 Å². The Bertz CT molecular complexity index is 461. The van der Waals surface area contributed by atoms with Gasteiger partial charge in [-0.1, -0.05) is 23.2 Å². The maximum atomic E-state index is 11.3. The van der Waals surface area contributed by atoms with Crippen molar-refractivity contribution >= 4 is 29.2 Å². The number of allylic oxidation sites excluding steroid dienone is 1. The van der Waals surface area contributed by atoms with E-state index < -0.39 is 11.5 Å². The van der Waals surface area contributed by atoms with Gasteiger partial charge in [0.05, 0.1) is 5.56 Å². The zero-order chi connectivity index (χ0) is 11.4. The van der Waals surface area contributed by atoms with Crippen molar-refractivity contribution in [1.82, 2.24) is 4.57 Å². The molecule has 80 valence electrons. The smallest absolute Gasteiger partial charge is 0.335 e. The monoisotopic (exact) mass is 247 g/mol. The van der Waals surface area contributed by atoms with Crippen molar-refractivity contribution in [2.24, 2.45) is 0 Å². The standard InChI is InChI=1S/C9H7Cl2NO3/c10-7(11)2-4-12-3-1-6(9(14)15)5-8(12)13/h1-3,5H,4H2,(H,14,15). The van der Waals surface area contributed by atoms with Crippen LogP contribution in [0.1, 0.15) is 10.4 Å². The van der Waals surface area contributed by atoms with E-state index in [0.29, 0.717) is 0 Å². The van der Waals surface area contributed by atoms with Gasteiger partial charge in [0, 0.05) is 18.8 Å². The minimum Gasteiger partial charge on any atom is -0.478 e. The molecule has 1 aromatic rings. The number of aromatic nitrogens is 1. The zero-order valence-corrected chi connectivity index (χ0v) is 9.00. The van der Waals surface area contributed by atoms with Gasteiger partial charge in [0.2, 0.25) is 0 Å². The molecule has 0 aliphatic rings. The molecule has 0 aliphatic carbocycles. The Kier molecular flexibility index (Phi) is 3.94. The van der Waals surface area contributed by atoms with Crippen LogP contribution in [0.25, 0.3) is 0 Å². The fourth-order valence-electron chi connectivity index (χ4n) is 0.959. The second-order valence-electron chi connectivity index (χ2n) is 2.70. The Labute approximate surface area is 95.4 Å². The molecule has 4 nitrogen and oxygen atoms in total. The third-order valence-electron chi connectivity index (χ3n) is 1.69. The van der Waals surface area contributed by atoms with E-state index in [4.69, 9.17) is 28.3 Å². The maximum absolute atomic E-state index is 11.3. The molecule has 0 atom stereocenters. The molecule has 1 N–H and O–H groups in total. The lowest BCUT2D eigenvalue weighted by Gasteiger charge is -2.01. The average molecular weight is 248 g/mol. The van der Waals surface area contributed by atoms with Gasteiger partial charge < -0.3 is 9.67 Å². The number of aromatic carboxylic acids is 1. The summed E-state index contributed by atoms with van der Waals surface area (Å²) < 4.78 is 1.35. The molecular formula is C9H7Cl2NO3. The Morgan fingerprint density at radius 1 is 1.53 bits per heavy atom. The van der Waals surface area contributed by atoms with Gasteiger partial charge in [0.1, 0.15) is 4.49 Å². The van der Waals surface area contributed by atoms with E-state index in [9.17, 15) is 9.59 Å². The summed E-state index contributed by atoms with van der Waals surface area (Å²) in [4.78, 5) is 21.9. The number of hydrogen-bond acceptors (Lipinski definition) is 2. The molecule has 0 saturated carbocycles. The second-order valence-corrected chi connectivity index (χ2v) is 3.71. The fraction of sp³-hybridized carbons (Fsp3) is 0.111. The van der Waals surface area contributed by atoms with Gasteiger partial charge in [-0.05, 0) is 12.1 Å². The number of nitrogens with zero attached hydrogens (tertiary/aromatic N) is 1. The van der Waals surface area contributed by atoms with Crippen LogP contribution < -0.4 is 5.56 Å². The van der Waals surface area contributed by atoms with Crippen molar-refractivity contribution in [3.05, 3.63) is 44.8 Å². The Balaban J connectivity index is 2.99. The number of hydrogen-bond donors (Lipinski definition) is 1. The van der Waals surface area contributed by atoms with Crippen molar-refractivity contribution < 1.29 is 9.90 Å². The highest BCUT2D eigenvalue weighted by Gasteiger charge is 2.03. The first-order valence-corrected chi connectivity index (χ1v) is 4.71. The van der Waals surface area contributed by atoms with Gasteiger partial charge in [-0.2, -0.15) is 0 Å². The average Bonchev–Trinajstić information content (AvgIpc) is 2.15. The minimum atomic E-state index is -1.13. The normalized spacial score (nSPS) is 9.73. The Morgan fingerprint density at radius 3 is 2.67 bits per heavy atom. The van der Waals surface area contributed by atoms with E-state index in [1.54, 1.807) is 0 Å². The summed E-state index contributed by atoms with van der Waals surface area (Å²) in [6.07, 6.45) is 2.81. The lowest BCUT2D eigenvalue weighted by atomic mass is 10.3. The summed E-state index contributed by atoms with van der Waals surface area (Å²) in [6, 6.07) is 2.37. The third-order valence-corrected chi connectivity index (χ3v) is 1.99. The van der Waals surface area contributed by atoms with E-state index >= 15 is 0 Å². The summed E-state index contributed by atoms with van der Waals surface area (Å²) in [7, 11) is 0. The zero-order valence-electron chi connectivity index (χ0n) is 7.48. The van der Waals surface area contributed by atoms with Gasteiger partial charge in [0.15, 0.2) is 0 Å². The fourth-order valence-corrected chi connectivity index (χ4v) is 1.10. The van der Waals surface area contributed by atoms with Crippen molar-refractivity contribution in [1.29, 1.82) is 0 Å². The molecule has 1 aromatic heterocycles. The molecule has 0 saturated heterocycles. The molecule has 0 unspecified atom stereocenters. The molecule has 0 aliphatic heterocycles. The Morgan fingerprint density at radius 2 is 2.20 bits per heavy atom. The maximum Gasteiger partial charge on any atom is 0.335 e. The highest BCUT2D eigenvalue weighted by Crippen LogP contribution is 2.06. The SMILES string of the molecule is O=C(O)c1ccn(CC=C(Cl)Cl)c(=O)c1. The molecular weight excluding hydrogens is 241 g/mol. The van der Waals surface area contributed by atoms with Crippen LogP contribution in [0.4, 0.5) is 0 Å². The molecule has 0 radical (unpaired) electrons. The van der Waals surface area contributed by atoms with Crippen LogP contribution in [0.3, 0.4) is 0 Å². The number of carboxylic acid groups (broad SMARTS) is 1. The lowest BCUT2D eigenvalue weighted by molar-refractivity contribution is 0.0696. The van der Waals surface area contributed by atoms with Crippen LogP contribution in [0, 0.1) is 0 Å². The van der Waals surface area contributed by atoms with Crippen molar-refractivity contribution in [3.8, 4) is 0 Å². The largest absolute Gasteiger partial charge is 0.478 e. The second kappa shape index (κ2) is 5.00. The lowest BCUT2D eigenvalue weighted by Crippen LogP contribution is -2.19. The summed E-state index contributed by atoms with van der Waals surface area (Å²) in [5.41, 5.74) is -0.460. The molecule has 1 heterocycles. The van der Waals surface area contributed by atoms with Gasteiger partial charge >= 0.3 is 5.97 Å². The number of halogens is 2. The molecule has 1 rings (SSSR count). The third kappa shape index (κ3) is 3.42. The Hall–Kier alpha value is -1.26. The number of carboxylic acids is 1. The van der Waals surface area contributed by atoms with E-state index in [-0.39, 0.29) is 16.6 Å². The van der Waals surface area contributed by atoms with Gasteiger partial charge in [-0.25, -0.2) is 4.79 Å². The van der Waals surface area contributed by atoms with E-state index in [1.165, 1.54) is 22.9 Å². The van der Waals surface area contributed by atoms with Crippen LogP contribution in [0.15, 0.2) is 33.7 Å². The number of rotatable bonds is 3. The summed E-state index contributed by atoms with van der Waals surface area (Å²) in [5, 5.41) is 8.62. The van der Waals surface area contributed by atoms with Crippen LogP contribution in [-0.2, 0) is 6.54 Å². The molecule has 0 amide bonds.